The smallest absolute Gasteiger partial charge is 0.337 e. The van der Waals surface area contributed by atoms with E-state index < -0.39 is 11.9 Å². The number of hydrogen-bond donors (Lipinski definition) is 3. The molecular weight excluding hydrogens is 518 g/mol. The van der Waals surface area contributed by atoms with E-state index >= 15 is 0 Å². The second-order valence-electron chi connectivity index (χ2n) is 9.53. The Morgan fingerprint density at radius 3 is 2.45 bits per heavy atom. The van der Waals surface area contributed by atoms with Crippen molar-refractivity contribution in [3.8, 4) is 32.5 Å². The van der Waals surface area contributed by atoms with Crippen molar-refractivity contribution in [3.63, 3.8) is 0 Å². The number of carboxylic acids is 2. The van der Waals surface area contributed by atoms with Gasteiger partial charge in [0.05, 0.1) is 33.9 Å². The van der Waals surface area contributed by atoms with Crippen molar-refractivity contribution >= 4 is 46.8 Å². The third-order valence-corrected chi connectivity index (χ3v) is 8.91. The van der Waals surface area contributed by atoms with E-state index in [1.54, 1.807) is 28.9 Å². The van der Waals surface area contributed by atoms with Crippen LogP contribution in [0.25, 0.3) is 44.7 Å². The number of nitrogens with one attached hydrogen (secondary N) is 1. The van der Waals surface area contributed by atoms with Crippen molar-refractivity contribution in [1.29, 1.82) is 0 Å². The minimum Gasteiger partial charge on any atom is -0.478 e. The SMILES string of the molecule is CC1(C)c2ccsc2-c2sc(/C=C/c3ccnc(-c4cc(C(=O)O)cc(-c5cc(C(=O)O)c[nH]5)n4)c3)cc21. The molecule has 5 heterocycles. The molecule has 0 aliphatic heterocycles. The fraction of sp³-hybridized carbons (Fsp3) is 0.103. The first-order valence-corrected chi connectivity index (χ1v) is 13.4. The van der Waals surface area contributed by atoms with Gasteiger partial charge in [0, 0.05) is 32.4 Å². The van der Waals surface area contributed by atoms with Gasteiger partial charge in [-0.2, -0.15) is 0 Å². The van der Waals surface area contributed by atoms with Crippen LogP contribution in [0, 0.1) is 0 Å². The second kappa shape index (κ2) is 8.90. The zero-order valence-corrected chi connectivity index (χ0v) is 22.0. The summed E-state index contributed by atoms with van der Waals surface area (Å²) < 4.78 is 0. The highest BCUT2D eigenvalue weighted by Crippen LogP contribution is 2.54. The van der Waals surface area contributed by atoms with Crippen LogP contribution in [0.4, 0.5) is 0 Å². The zero-order valence-electron chi connectivity index (χ0n) is 20.4. The Hall–Kier alpha value is -4.34. The molecule has 0 amide bonds. The quantitative estimate of drug-likeness (QED) is 0.211. The molecule has 0 saturated carbocycles. The van der Waals surface area contributed by atoms with Crippen LogP contribution in [0.3, 0.4) is 0 Å². The molecule has 3 N–H and O–H groups in total. The molecule has 5 aromatic rings. The molecule has 0 atom stereocenters. The summed E-state index contributed by atoms with van der Waals surface area (Å²) in [7, 11) is 0. The number of aromatic nitrogens is 3. The van der Waals surface area contributed by atoms with Crippen LogP contribution in [0.15, 0.2) is 60.2 Å². The van der Waals surface area contributed by atoms with E-state index in [1.165, 1.54) is 45.3 Å². The predicted molar refractivity (Wildman–Crippen MR) is 150 cm³/mol. The molecule has 1 aliphatic carbocycles. The van der Waals surface area contributed by atoms with Crippen LogP contribution in [-0.2, 0) is 5.41 Å². The highest BCUT2D eigenvalue weighted by atomic mass is 32.1. The molecule has 6 rings (SSSR count). The number of nitrogens with zero attached hydrogens (tertiary/aromatic N) is 2. The number of carboxylic acid groups (broad SMARTS) is 2. The molecule has 7 nitrogen and oxygen atoms in total. The Balaban J connectivity index is 1.33. The molecule has 9 heteroatoms. The lowest BCUT2D eigenvalue weighted by Gasteiger charge is -2.18. The van der Waals surface area contributed by atoms with Gasteiger partial charge < -0.3 is 15.2 Å². The van der Waals surface area contributed by atoms with Gasteiger partial charge in [-0.15, -0.1) is 22.7 Å². The average Bonchev–Trinajstić information content (AvgIpc) is 3.68. The van der Waals surface area contributed by atoms with E-state index in [9.17, 15) is 19.8 Å². The molecule has 38 heavy (non-hydrogen) atoms. The maximum absolute atomic E-state index is 11.8. The van der Waals surface area contributed by atoms with Crippen molar-refractivity contribution in [3.05, 3.63) is 92.9 Å². The molecular formula is C29H21N3O4S2. The van der Waals surface area contributed by atoms with Gasteiger partial charge in [-0.05, 0) is 70.6 Å². The summed E-state index contributed by atoms with van der Waals surface area (Å²) in [5.74, 6) is -2.20. The first-order chi connectivity index (χ1) is 18.2. The maximum atomic E-state index is 11.8. The molecule has 0 aromatic carbocycles. The third kappa shape index (κ3) is 4.06. The first kappa shape index (κ1) is 24.0. The lowest BCUT2D eigenvalue weighted by atomic mass is 9.84. The summed E-state index contributed by atoms with van der Waals surface area (Å²) in [4.78, 5) is 38.8. The lowest BCUT2D eigenvalue weighted by molar-refractivity contribution is 0.0686. The van der Waals surface area contributed by atoms with Crippen LogP contribution >= 0.6 is 22.7 Å². The Morgan fingerprint density at radius 1 is 0.895 bits per heavy atom. The van der Waals surface area contributed by atoms with Crippen molar-refractivity contribution in [2.24, 2.45) is 0 Å². The van der Waals surface area contributed by atoms with Crippen LogP contribution in [0.2, 0.25) is 0 Å². The fourth-order valence-corrected chi connectivity index (χ4v) is 7.16. The summed E-state index contributed by atoms with van der Waals surface area (Å²) in [6, 6.07) is 12.5. The molecule has 0 unspecified atom stereocenters. The van der Waals surface area contributed by atoms with Crippen molar-refractivity contribution in [2.75, 3.05) is 0 Å². The normalized spacial score (nSPS) is 13.5. The van der Waals surface area contributed by atoms with Crippen molar-refractivity contribution in [1.82, 2.24) is 15.0 Å². The molecule has 0 saturated heterocycles. The third-order valence-electron chi connectivity index (χ3n) is 6.73. The minimum absolute atomic E-state index is 0.00000763. The lowest BCUT2D eigenvalue weighted by Crippen LogP contribution is -2.13. The summed E-state index contributed by atoms with van der Waals surface area (Å²) in [6.45, 7) is 4.53. The van der Waals surface area contributed by atoms with Gasteiger partial charge in [0.1, 0.15) is 0 Å². The molecule has 0 bridgehead atoms. The van der Waals surface area contributed by atoms with E-state index in [1.807, 2.05) is 18.2 Å². The molecule has 0 spiro atoms. The Labute approximate surface area is 225 Å². The number of rotatable bonds is 6. The van der Waals surface area contributed by atoms with E-state index in [2.05, 4.69) is 52.4 Å². The Kier molecular flexibility index (Phi) is 5.62. The van der Waals surface area contributed by atoms with Crippen LogP contribution in [-0.4, -0.2) is 37.1 Å². The summed E-state index contributed by atoms with van der Waals surface area (Å²) in [5, 5.41) is 21.0. The number of carbonyl (C=O) groups is 2. The largest absolute Gasteiger partial charge is 0.478 e. The standard InChI is InChI=1S/C29H21N3O4S2/c1-29(2)19-6-8-37-25(19)26-20(29)13-18(38-26)4-3-15-5-7-30-21(9-15)23-10-16(27(33)34)11-24(32-23)22-12-17(14-31-22)28(35)36/h3-14,31H,1-2H3,(H,33,34)(H,35,36)/b4-3+. The van der Waals surface area contributed by atoms with Crippen molar-refractivity contribution in [2.45, 2.75) is 19.3 Å². The molecule has 0 fully saturated rings. The minimum atomic E-state index is -1.11. The van der Waals surface area contributed by atoms with E-state index in [0.29, 0.717) is 22.8 Å². The van der Waals surface area contributed by atoms with Crippen LogP contribution in [0.5, 0.6) is 0 Å². The Morgan fingerprint density at radius 2 is 1.68 bits per heavy atom. The predicted octanol–water partition coefficient (Wildman–Crippen LogP) is 7.13. The van der Waals surface area contributed by atoms with E-state index in [4.69, 9.17) is 0 Å². The fourth-order valence-electron chi connectivity index (χ4n) is 4.71. The number of hydrogen-bond acceptors (Lipinski definition) is 6. The number of pyridine rings is 2. The summed E-state index contributed by atoms with van der Waals surface area (Å²) in [5.41, 5.74) is 5.36. The van der Waals surface area contributed by atoms with Crippen LogP contribution in [0.1, 0.15) is 56.1 Å². The molecule has 0 radical (unpaired) electrons. The monoisotopic (exact) mass is 539 g/mol. The first-order valence-electron chi connectivity index (χ1n) is 11.8. The van der Waals surface area contributed by atoms with Gasteiger partial charge in [0.15, 0.2) is 0 Å². The van der Waals surface area contributed by atoms with Crippen molar-refractivity contribution < 1.29 is 19.8 Å². The van der Waals surface area contributed by atoms with Gasteiger partial charge >= 0.3 is 11.9 Å². The molecule has 1 aliphatic rings. The summed E-state index contributed by atoms with van der Waals surface area (Å²) in [6.07, 6.45) is 7.11. The van der Waals surface area contributed by atoms with E-state index in [-0.39, 0.29) is 16.5 Å². The number of fused-ring (bicyclic) bond motifs is 3. The number of aromatic amines is 1. The topological polar surface area (TPSA) is 116 Å². The van der Waals surface area contributed by atoms with Gasteiger partial charge in [-0.1, -0.05) is 19.9 Å². The average molecular weight is 540 g/mol. The Bertz CT molecular complexity index is 1770. The van der Waals surface area contributed by atoms with Gasteiger partial charge in [-0.25, -0.2) is 14.6 Å². The highest BCUT2D eigenvalue weighted by molar-refractivity contribution is 7.22. The number of H-pyrrole nitrogens is 1. The van der Waals surface area contributed by atoms with Gasteiger partial charge in [0.2, 0.25) is 0 Å². The number of aromatic carboxylic acids is 2. The second-order valence-corrected chi connectivity index (χ2v) is 11.5. The maximum Gasteiger partial charge on any atom is 0.337 e. The van der Waals surface area contributed by atoms with Gasteiger partial charge in [-0.3, -0.25) is 4.98 Å². The van der Waals surface area contributed by atoms with E-state index in [0.717, 1.165) is 10.4 Å². The van der Waals surface area contributed by atoms with Crippen LogP contribution < -0.4 is 0 Å². The highest BCUT2D eigenvalue weighted by Gasteiger charge is 2.38. The molecule has 5 aromatic heterocycles. The zero-order chi connectivity index (χ0) is 26.6. The number of thiophene rings is 2. The summed E-state index contributed by atoms with van der Waals surface area (Å²) >= 11 is 3.57. The molecule has 188 valence electrons. The van der Waals surface area contributed by atoms with Gasteiger partial charge in [0.25, 0.3) is 0 Å².